The Labute approximate surface area is 215 Å². The van der Waals surface area contributed by atoms with Crippen molar-refractivity contribution >= 4 is 24.0 Å². The molecule has 0 saturated carbocycles. The number of carbonyl (C=O) groups excluding carboxylic acids is 1. The predicted octanol–water partition coefficient (Wildman–Crippen LogP) is 5.81. The third-order valence-corrected chi connectivity index (χ3v) is 7.68. The van der Waals surface area contributed by atoms with Crippen LogP contribution in [0.15, 0.2) is 42.5 Å². The zero-order chi connectivity index (χ0) is 23.8. The quantitative estimate of drug-likeness (QED) is 0.359. The second-order valence-corrected chi connectivity index (χ2v) is 9.72. The van der Waals surface area contributed by atoms with Crippen molar-refractivity contribution in [2.24, 2.45) is 5.73 Å². The number of unbranched alkanes of at least 4 members (excludes halogenated alkanes) is 1. The average molecular weight is 490 g/mol. The van der Waals surface area contributed by atoms with E-state index in [-0.39, 0.29) is 18.3 Å². The molecule has 5 rings (SSSR count). The predicted molar refractivity (Wildman–Crippen MR) is 149 cm³/mol. The Hall–Kier alpha value is -2.82. The van der Waals surface area contributed by atoms with Crippen molar-refractivity contribution in [3.63, 3.8) is 0 Å². The molecule has 0 bridgehead atoms. The van der Waals surface area contributed by atoms with Crippen LogP contribution in [0.5, 0.6) is 0 Å². The SMILES string of the molecule is CCCCc1c2c(c(-c3cccc(C)c3C)c(N3CCNCC3)c1C(N)=O)-c1ccccc1C2.Cl. The van der Waals surface area contributed by atoms with Crippen LogP contribution in [0, 0.1) is 13.8 Å². The van der Waals surface area contributed by atoms with Gasteiger partial charge in [-0.25, -0.2) is 0 Å². The van der Waals surface area contributed by atoms with Gasteiger partial charge in [-0.15, -0.1) is 12.4 Å². The Balaban J connectivity index is 0.00000289. The Morgan fingerprint density at radius 3 is 2.43 bits per heavy atom. The normalized spacial score (nSPS) is 14.3. The van der Waals surface area contributed by atoms with E-state index in [1.54, 1.807) is 0 Å². The lowest BCUT2D eigenvalue weighted by Crippen LogP contribution is -2.44. The van der Waals surface area contributed by atoms with Gasteiger partial charge in [0.1, 0.15) is 0 Å². The summed E-state index contributed by atoms with van der Waals surface area (Å²) in [6.07, 6.45) is 3.89. The van der Waals surface area contributed by atoms with Crippen LogP contribution >= 0.6 is 12.4 Å². The van der Waals surface area contributed by atoms with Crippen molar-refractivity contribution in [1.29, 1.82) is 0 Å². The lowest BCUT2D eigenvalue weighted by Gasteiger charge is -2.35. The summed E-state index contributed by atoms with van der Waals surface area (Å²) >= 11 is 0. The number of halogens is 1. The number of carbonyl (C=O) groups is 1. The highest BCUT2D eigenvalue weighted by Gasteiger charge is 2.34. The van der Waals surface area contributed by atoms with Gasteiger partial charge in [-0.1, -0.05) is 55.8 Å². The molecule has 0 aromatic heterocycles. The second-order valence-electron chi connectivity index (χ2n) is 9.72. The van der Waals surface area contributed by atoms with Crippen LogP contribution in [0.25, 0.3) is 22.3 Å². The van der Waals surface area contributed by atoms with Gasteiger partial charge in [-0.05, 0) is 77.6 Å². The monoisotopic (exact) mass is 489 g/mol. The molecule has 184 valence electrons. The number of hydrogen-bond acceptors (Lipinski definition) is 3. The Bertz CT molecular complexity index is 1260. The van der Waals surface area contributed by atoms with E-state index in [2.05, 4.69) is 73.5 Å². The molecule has 1 aliphatic carbocycles. The van der Waals surface area contributed by atoms with Gasteiger partial charge in [0, 0.05) is 31.7 Å². The van der Waals surface area contributed by atoms with Crippen LogP contribution in [0.1, 0.15) is 57.9 Å². The summed E-state index contributed by atoms with van der Waals surface area (Å²) < 4.78 is 0. The summed E-state index contributed by atoms with van der Waals surface area (Å²) in [7, 11) is 0. The standard InChI is InChI=1S/C30H35N3O.ClH/c1-4-5-11-24-25-18-21-10-6-7-12-23(21)26(25)27(22-13-8-9-19(2)20(22)3)29(28(24)30(31)34)33-16-14-32-15-17-33;/h6-10,12-13,32H,4-5,11,14-18H2,1-3H3,(H2,31,34);1H. The summed E-state index contributed by atoms with van der Waals surface area (Å²) in [6, 6.07) is 15.3. The van der Waals surface area contributed by atoms with E-state index in [1.807, 2.05) is 0 Å². The van der Waals surface area contributed by atoms with Gasteiger partial charge in [-0.3, -0.25) is 4.79 Å². The average Bonchev–Trinajstić information content (AvgIpc) is 3.23. The lowest BCUT2D eigenvalue weighted by atomic mass is 9.82. The largest absolute Gasteiger partial charge is 0.368 e. The van der Waals surface area contributed by atoms with Crippen molar-refractivity contribution in [1.82, 2.24) is 5.32 Å². The number of aryl methyl sites for hydroxylation is 1. The van der Waals surface area contributed by atoms with Crippen molar-refractivity contribution in [3.05, 3.63) is 75.8 Å². The Morgan fingerprint density at radius 2 is 1.71 bits per heavy atom. The molecule has 3 N–H and O–H groups in total. The molecule has 1 fully saturated rings. The number of rotatable bonds is 6. The Kier molecular flexibility index (Phi) is 7.53. The molecule has 4 nitrogen and oxygen atoms in total. The fourth-order valence-electron chi connectivity index (χ4n) is 5.82. The van der Waals surface area contributed by atoms with Crippen molar-refractivity contribution in [3.8, 4) is 22.3 Å². The summed E-state index contributed by atoms with van der Waals surface area (Å²) in [6.45, 7) is 10.1. The molecule has 5 heteroatoms. The van der Waals surface area contributed by atoms with Gasteiger partial charge in [0.25, 0.3) is 5.91 Å². The maximum absolute atomic E-state index is 13.2. The molecule has 0 atom stereocenters. The van der Waals surface area contributed by atoms with Crippen LogP contribution in [-0.2, 0) is 12.8 Å². The molecule has 3 aromatic rings. The number of primary amides is 1. The third kappa shape index (κ3) is 4.34. The highest BCUT2D eigenvalue weighted by atomic mass is 35.5. The molecule has 1 heterocycles. The fraction of sp³-hybridized carbons (Fsp3) is 0.367. The zero-order valence-electron chi connectivity index (χ0n) is 21.0. The minimum atomic E-state index is -0.301. The van der Waals surface area contributed by atoms with Crippen LogP contribution in [0.3, 0.4) is 0 Å². The van der Waals surface area contributed by atoms with Crippen molar-refractivity contribution in [2.45, 2.75) is 46.5 Å². The minimum Gasteiger partial charge on any atom is -0.368 e. The van der Waals surface area contributed by atoms with Gasteiger partial charge in [0.2, 0.25) is 0 Å². The molecule has 1 amide bonds. The summed E-state index contributed by atoms with van der Waals surface area (Å²) in [4.78, 5) is 15.6. The molecule has 1 saturated heterocycles. The van der Waals surface area contributed by atoms with Crippen LogP contribution < -0.4 is 16.0 Å². The smallest absolute Gasteiger partial charge is 0.251 e. The first-order valence-corrected chi connectivity index (χ1v) is 12.6. The van der Waals surface area contributed by atoms with Crippen LogP contribution in [-0.4, -0.2) is 32.1 Å². The van der Waals surface area contributed by atoms with Gasteiger partial charge in [-0.2, -0.15) is 0 Å². The molecule has 0 spiro atoms. The first-order chi connectivity index (χ1) is 16.5. The van der Waals surface area contributed by atoms with E-state index < -0.39 is 0 Å². The topological polar surface area (TPSA) is 58.4 Å². The van der Waals surface area contributed by atoms with E-state index in [4.69, 9.17) is 5.73 Å². The number of amides is 1. The first kappa shape index (κ1) is 25.3. The maximum Gasteiger partial charge on any atom is 0.251 e. The molecule has 1 aliphatic heterocycles. The zero-order valence-corrected chi connectivity index (χ0v) is 21.9. The Morgan fingerprint density at radius 1 is 1.00 bits per heavy atom. The summed E-state index contributed by atoms with van der Waals surface area (Å²) in [5, 5.41) is 3.47. The van der Waals surface area contributed by atoms with Gasteiger partial charge < -0.3 is 16.0 Å². The lowest BCUT2D eigenvalue weighted by molar-refractivity contribution is 0.0999. The summed E-state index contributed by atoms with van der Waals surface area (Å²) in [5.41, 5.74) is 19.4. The number of hydrogen-bond donors (Lipinski definition) is 2. The number of piperazine rings is 1. The van der Waals surface area contributed by atoms with E-state index in [0.29, 0.717) is 0 Å². The maximum atomic E-state index is 13.2. The van der Waals surface area contributed by atoms with Gasteiger partial charge in [0.15, 0.2) is 0 Å². The van der Waals surface area contributed by atoms with Gasteiger partial charge in [0.05, 0.1) is 11.3 Å². The fourth-order valence-corrected chi connectivity index (χ4v) is 5.82. The highest BCUT2D eigenvalue weighted by Crippen LogP contribution is 2.52. The van der Waals surface area contributed by atoms with E-state index in [0.717, 1.165) is 63.1 Å². The van der Waals surface area contributed by atoms with E-state index in [9.17, 15) is 4.79 Å². The number of fused-ring (bicyclic) bond motifs is 3. The molecular formula is C30H36ClN3O. The molecule has 35 heavy (non-hydrogen) atoms. The first-order valence-electron chi connectivity index (χ1n) is 12.6. The number of anilines is 1. The van der Waals surface area contributed by atoms with Gasteiger partial charge >= 0.3 is 0 Å². The third-order valence-electron chi connectivity index (χ3n) is 7.68. The van der Waals surface area contributed by atoms with Crippen LogP contribution in [0.4, 0.5) is 5.69 Å². The second kappa shape index (κ2) is 10.4. The van der Waals surface area contributed by atoms with Crippen LogP contribution in [0.2, 0.25) is 0 Å². The number of nitrogens with two attached hydrogens (primary N) is 1. The van der Waals surface area contributed by atoms with Crippen molar-refractivity contribution in [2.75, 3.05) is 31.1 Å². The number of benzene rings is 3. The number of nitrogens with one attached hydrogen (secondary N) is 1. The molecule has 0 unspecified atom stereocenters. The highest BCUT2D eigenvalue weighted by molar-refractivity contribution is 6.10. The molecular weight excluding hydrogens is 454 g/mol. The minimum absolute atomic E-state index is 0. The molecule has 0 radical (unpaired) electrons. The van der Waals surface area contributed by atoms with E-state index in [1.165, 1.54) is 50.1 Å². The number of nitrogens with zero attached hydrogens (tertiary/aromatic N) is 1. The summed E-state index contributed by atoms with van der Waals surface area (Å²) in [5.74, 6) is -0.301. The van der Waals surface area contributed by atoms with Crippen molar-refractivity contribution < 1.29 is 4.79 Å². The molecule has 3 aromatic carbocycles. The molecule has 2 aliphatic rings. The van der Waals surface area contributed by atoms with E-state index >= 15 is 0 Å².